The number of hydrogen-bond acceptors (Lipinski definition) is 4. The highest BCUT2D eigenvalue weighted by Gasteiger charge is 2.18. The van der Waals surface area contributed by atoms with E-state index in [1.807, 2.05) is 25.1 Å². The number of fused-ring (bicyclic) bond motifs is 1. The van der Waals surface area contributed by atoms with E-state index in [4.69, 9.17) is 9.47 Å². The maximum atomic E-state index is 12.0. The normalized spacial score (nSPS) is 21.3. The fraction of sp³-hybridized carbons (Fsp3) is 0.562. The van der Waals surface area contributed by atoms with Gasteiger partial charge in [-0.1, -0.05) is 6.07 Å². The van der Waals surface area contributed by atoms with E-state index in [-0.39, 0.29) is 18.7 Å². The zero-order valence-electron chi connectivity index (χ0n) is 12.4. The Morgan fingerprint density at radius 3 is 3.10 bits per heavy atom. The maximum absolute atomic E-state index is 12.0. The summed E-state index contributed by atoms with van der Waals surface area (Å²) in [6, 6.07) is 5.78. The molecule has 0 radical (unpaired) electrons. The largest absolute Gasteiger partial charge is 0.454 e. The predicted octanol–water partition coefficient (Wildman–Crippen LogP) is 1.98. The molecule has 2 unspecified atom stereocenters. The lowest BCUT2D eigenvalue weighted by Gasteiger charge is -2.15. The molecule has 0 aliphatic carbocycles. The van der Waals surface area contributed by atoms with Crippen LogP contribution in [0.15, 0.2) is 18.2 Å². The van der Waals surface area contributed by atoms with Gasteiger partial charge in [-0.25, -0.2) is 0 Å². The Hall–Kier alpha value is -1.75. The van der Waals surface area contributed by atoms with Crippen LogP contribution in [0.1, 0.15) is 37.8 Å². The molecule has 1 aromatic rings. The van der Waals surface area contributed by atoms with Crippen LogP contribution in [0.3, 0.4) is 0 Å². The van der Waals surface area contributed by atoms with Crippen LogP contribution in [0.4, 0.5) is 0 Å². The number of rotatable bonds is 5. The van der Waals surface area contributed by atoms with E-state index in [0.717, 1.165) is 36.6 Å². The van der Waals surface area contributed by atoms with E-state index in [2.05, 4.69) is 10.6 Å². The molecular formula is C16H22N2O3. The van der Waals surface area contributed by atoms with Crippen molar-refractivity contribution >= 4 is 5.91 Å². The zero-order valence-corrected chi connectivity index (χ0v) is 12.4. The van der Waals surface area contributed by atoms with E-state index in [9.17, 15) is 4.79 Å². The van der Waals surface area contributed by atoms with E-state index in [0.29, 0.717) is 12.3 Å². The second-order valence-electron chi connectivity index (χ2n) is 5.80. The molecule has 0 saturated carbocycles. The molecule has 21 heavy (non-hydrogen) atoms. The maximum Gasteiger partial charge on any atom is 0.231 e. The van der Waals surface area contributed by atoms with Crippen LogP contribution < -0.4 is 20.1 Å². The highest BCUT2D eigenvalue weighted by atomic mass is 16.7. The number of carbonyl (C=O) groups is 1. The van der Waals surface area contributed by atoms with Gasteiger partial charge in [-0.15, -0.1) is 0 Å². The monoisotopic (exact) mass is 290 g/mol. The van der Waals surface area contributed by atoms with Gasteiger partial charge in [-0.3, -0.25) is 4.79 Å². The van der Waals surface area contributed by atoms with Gasteiger partial charge in [0.2, 0.25) is 12.7 Å². The molecule has 5 heteroatoms. The first kappa shape index (κ1) is 14.2. The van der Waals surface area contributed by atoms with Gasteiger partial charge in [0.05, 0.1) is 6.04 Å². The molecule has 0 bridgehead atoms. The van der Waals surface area contributed by atoms with Crippen molar-refractivity contribution in [3.63, 3.8) is 0 Å². The summed E-state index contributed by atoms with van der Waals surface area (Å²) in [5, 5.41) is 6.38. The first-order chi connectivity index (χ1) is 10.2. The van der Waals surface area contributed by atoms with Crippen molar-refractivity contribution < 1.29 is 14.3 Å². The zero-order chi connectivity index (χ0) is 14.7. The van der Waals surface area contributed by atoms with Crippen molar-refractivity contribution in [2.75, 3.05) is 19.9 Å². The second-order valence-corrected chi connectivity index (χ2v) is 5.80. The first-order valence-corrected chi connectivity index (χ1v) is 7.62. The van der Waals surface area contributed by atoms with Crippen molar-refractivity contribution in [2.24, 2.45) is 5.92 Å². The lowest BCUT2D eigenvalue weighted by molar-refractivity contribution is -0.122. The summed E-state index contributed by atoms with van der Waals surface area (Å²) in [5.74, 6) is 2.29. The Balaban J connectivity index is 1.50. The van der Waals surface area contributed by atoms with Crippen LogP contribution in [0, 0.1) is 5.92 Å². The minimum Gasteiger partial charge on any atom is -0.454 e. The summed E-state index contributed by atoms with van der Waals surface area (Å²) in [7, 11) is 0. The van der Waals surface area contributed by atoms with Gasteiger partial charge in [-0.05, 0) is 56.5 Å². The topological polar surface area (TPSA) is 59.6 Å². The van der Waals surface area contributed by atoms with Gasteiger partial charge in [0, 0.05) is 6.42 Å². The van der Waals surface area contributed by atoms with E-state index in [1.54, 1.807) is 0 Å². The van der Waals surface area contributed by atoms with Crippen molar-refractivity contribution in [2.45, 2.75) is 32.2 Å². The third-order valence-corrected chi connectivity index (χ3v) is 4.22. The molecule has 2 atom stereocenters. The fourth-order valence-electron chi connectivity index (χ4n) is 2.88. The summed E-state index contributed by atoms with van der Waals surface area (Å²) in [6.45, 7) is 4.40. The van der Waals surface area contributed by atoms with Gasteiger partial charge in [0.1, 0.15) is 0 Å². The van der Waals surface area contributed by atoms with Crippen molar-refractivity contribution in [1.29, 1.82) is 0 Å². The van der Waals surface area contributed by atoms with Crippen molar-refractivity contribution in [1.82, 2.24) is 10.6 Å². The van der Waals surface area contributed by atoms with Gasteiger partial charge >= 0.3 is 0 Å². The third kappa shape index (κ3) is 3.47. The van der Waals surface area contributed by atoms with Crippen LogP contribution >= 0.6 is 0 Å². The molecule has 1 aromatic carbocycles. The van der Waals surface area contributed by atoms with Crippen molar-refractivity contribution in [3.8, 4) is 11.5 Å². The fourth-order valence-corrected chi connectivity index (χ4v) is 2.88. The quantitative estimate of drug-likeness (QED) is 0.870. The van der Waals surface area contributed by atoms with Crippen LogP contribution in [-0.2, 0) is 4.79 Å². The number of ether oxygens (including phenoxy) is 2. The van der Waals surface area contributed by atoms with Crippen LogP contribution in [0.5, 0.6) is 11.5 Å². The van der Waals surface area contributed by atoms with Crippen molar-refractivity contribution in [3.05, 3.63) is 23.8 Å². The van der Waals surface area contributed by atoms with E-state index in [1.165, 1.54) is 6.42 Å². The number of nitrogens with one attached hydrogen (secondary N) is 2. The molecule has 5 nitrogen and oxygen atoms in total. The number of carbonyl (C=O) groups excluding carboxylic acids is 1. The Bertz CT molecular complexity index is 512. The molecule has 114 valence electrons. The standard InChI is InChI=1S/C16H22N2O3/c1-11(13-3-4-14-15(8-13)21-10-20-14)18-16(19)5-2-12-6-7-17-9-12/h3-4,8,11-12,17H,2,5-7,9-10H2,1H3,(H,18,19). The molecular weight excluding hydrogens is 268 g/mol. The Kier molecular flexibility index (Phi) is 4.29. The van der Waals surface area contributed by atoms with Gasteiger partial charge in [0.15, 0.2) is 11.5 Å². The summed E-state index contributed by atoms with van der Waals surface area (Å²) in [6.07, 6.45) is 2.75. The average Bonchev–Trinajstić information content (AvgIpc) is 3.15. The molecule has 0 spiro atoms. The molecule has 2 aliphatic heterocycles. The van der Waals surface area contributed by atoms with Gasteiger partial charge in [-0.2, -0.15) is 0 Å². The highest BCUT2D eigenvalue weighted by Crippen LogP contribution is 2.34. The van der Waals surface area contributed by atoms with Crippen LogP contribution in [-0.4, -0.2) is 25.8 Å². The lowest BCUT2D eigenvalue weighted by atomic mass is 10.0. The second kappa shape index (κ2) is 6.35. The summed E-state index contributed by atoms with van der Waals surface area (Å²) in [5.41, 5.74) is 1.04. The molecule has 1 saturated heterocycles. The average molecular weight is 290 g/mol. The SMILES string of the molecule is CC(NC(=O)CCC1CCNC1)c1ccc2c(c1)OCO2. The number of benzene rings is 1. The molecule has 3 rings (SSSR count). The van der Waals surface area contributed by atoms with Gasteiger partial charge < -0.3 is 20.1 Å². The molecule has 2 N–H and O–H groups in total. The first-order valence-electron chi connectivity index (χ1n) is 7.62. The lowest BCUT2D eigenvalue weighted by Crippen LogP contribution is -2.27. The van der Waals surface area contributed by atoms with Gasteiger partial charge in [0.25, 0.3) is 0 Å². The third-order valence-electron chi connectivity index (χ3n) is 4.22. The van der Waals surface area contributed by atoms with Crippen LogP contribution in [0.2, 0.25) is 0 Å². The molecule has 2 heterocycles. The number of hydrogen-bond donors (Lipinski definition) is 2. The Morgan fingerprint density at radius 2 is 2.29 bits per heavy atom. The summed E-state index contributed by atoms with van der Waals surface area (Å²) in [4.78, 5) is 12.0. The highest BCUT2D eigenvalue weighted by molar-refractivity contribution is 5.76. The summed E-state index contributed by atoms with van der Waals surface area (Å²) < 4.78 is 10.7. The van der Waals surface area contributed by atoms with E-state index >= 15 is 0 Å². The molecule has 2 aliphatic rings. The molecule has 0 aromatic heterocycles. The molecule has 1 amide bonds. The molecule has 1 fully saturated rings. The smallest absolute Gasteiger partial charge is 0.231 e. The Morgan fingerprint density at radius 1 is 1.43 bits per heavy atom. The predicted molar refractivity (Wildman–Crippen MR) is 79.3 cm³/mol. The number of amides is 1. The Labute approximate surface area is 125 Å². The minimum absolute atomic E-state index is 0.0197. The van der Waals surface area contributed by atoms with Crippen LogP contribution in [0.25, 0.3) is 0 Å². The minimum atomic E-state index is -0.0197. The van der Waals surface area contributed by atoms with E-state index < -0.39 is 0 Å². The summed E-state index contributed by atoms with van der Waals surface area (Å²) >= 11 is 0.